The number of aromatic nitrogens is 3. The highest BCUT2D eigenvalue weighted by Crippen LogP contribution is 2.29. The van der Waals surface area contributed by atoms with Crippen LogP contribution in [0.5, 0.6) is 11.5 Å². The first-order chi connectivity index (χ1) is 14.2. The van der Waals surface area contributed by atoms with Gasteiger partial charge in [-0.1, -0.05) is 6.07 Å². The van der Waals surface area contributed by atoms with Crippen LogP contribution in [0.4, 0.5) is 0 Å². The molecule has 8 nitrogen and oxygen atoms in total. The number of halogens is 1. The topological polar surface area (TPSA) is 85.1 Å². The van der Waals surface area contributed by atoms with Gasteiger partial charge in [-0.05, 0) is 44.2 Å². The van der Waals surface area contributed by atoms with Crippen LogP contribution < -0.4 is 20.1 Å². The average molecular weight is 524 g/mol. The minimum absolute atomic E-state index is 0. The molecule has 0 bridgehead atoms. The van der Waals surface area contributed by atoms with Gasteiger partial charge in [-0.15, -0.1) is 34.2 Å². The number of benzene rings is 1. The molecule has 0 radical (unpaired) electrons. The van der Waals surface area contributed by atoms with E-state index in [0.29, 0.717) is 13.0 Å². The number of nitrogens with one attached hydrogen (secondary N) is 2. The van der Waals surface area contributed by atoms with Gasteiger partial charge < -0.3 is 20.1 Å². The summed E-state index contributed by atoms with van der Waals surface area (Å²) in [7, 11) is 3.32. The van der Waals surface area contributed by atoms with Gasteiger partial charge in [0.1, 0.15) is 17.3 Å². The van der Waals surface area contributed by atoms with Gasteiger partial charge in [-0.25, -0.2) is 0 Å². The molecule has 2 heterocycles. The van der Waals surface area contributed by atoms with Gasteiger partial charge in [0, 0.05) is 31.3 Å². The quantitative estimate of drug-likeness (QED) is 0.268. The first kappa shape index (κ1) is 23.7. The van der Waals surface area contributed by atoms with Crippen LogP contribution in [0.25, 0.3) is 5.65 Å². The van der Waals surface area contributed by atoms with Crippen molar-refractivity contribution in [1.82, 2.24) is 25.2 Å². The summed E-state index contributed by atoms with van der Waals surface area (Å²) in [6.07, 6.45) is 2.66. The molecule has 0 fully saturated rings. The van der Waals surface area contributed by atoms with E-state index in [4.69, 9.17) is 14.5 Å². The highest BCUT2D eigenvalue weighted by atomic mass is 127. The van der Waals surface area contributed by atoms with Crippen LogP contribution in [0.1, 0.15) is 31.3 Å². The van der Waals surface area contributed by atoms with Crippen molar-refractivity contribution in [3.63, 3.8) is 0 Å². The average Bonchev–Trinajstić information content (AvgIpc) is 3.16. The zero-order valence-electron chi connectivity index (χ0n) is 17.8. The predicted molar refractivity (Wildman–Crippen MR) is 129 cm³/mol. The SMILES string of the molecule is CCNC(=NCCc1nnc2ccccn12)NC(C)c1cc(OC)ccc1OC.I. The lowest BCUT2D eigenvalue weighted by Gasteiger charge is -2.20. The zero-order valence-corrected chi connectivity index (χ0v) is 20.1. The lowest BCUT2D eigenvalue weighted by atomic mass is 10.1. The molecule has 0 aliphatic rings. The lowest BCUT2D eigenvalue weighted by Crippen LogP contribution is -2.39. The van der Waals surface area contributed by atoms with Crippen molar-refractivity contribution < 1.29 is 9.47 Å². The minimum atomic E-state index is -0.0215. The number of aliphatic imine (C=N–C) groups is 1. The standard InChI is InChI=1S/C21H28N6O2.HI/c1-5-22-21(23-12-11-20-26-25-19-8-6-7-13-27(19)20)24-15(2)17-14-16(28-3)9-10-18(17)29-4;/h6-10,13-15H,5,11-12H2,1-4H3,(H2,22,23,24);1H. The van der Waals surface area contributed by atoms with Gasteiger partial charge in [0.15, 0.2) is 11.6 Å². The predicted octanol–water partition coefficient (Wildman–Crippen LogP) is 3.22. The summed E-state index contributed by atoms with van der Waals surface area (Å²) in [6.45, 7) is 5.46. The Kier molecular flexibility index (Phi) is 9.15. The fourth-order valence-electron chi connectivity index (χ4n) is 3.11. The number of hydrogen-bond acceptors (Lipinski definition) is 5. The fourth-order valence-corrected chi connectivity index (χ4v) is 3.11. The van der Waals surface area contributed by atoms with E-state index < -0.39 is 0 Å². The van der Waals surface area contributed by atoms with Gasteiger partial charge in [0.05, 0.1) is 20.3 Å². The molecule has 3 aromatic rings. The molecule has 0 aliphatic carbocycles. The number of nitrogens with zero attached hydrogens (tertiary/aromatic N) is 4. The smallest absolute Gasteiger partial charge is 0.191 e. The van der Waals surface area contributed by atoms with Crippen LogP contribution in [-0.2, 0) is 6.42 Å². The van der Waals surface area contributed by atoms with Crippen molar-refractivity contribution >= 4 is 35.6 Å². The van der Waals surface area contributed by atoms with Gasteiger partial charge in [-0.3, -0.25) is 9.39 Å². The van der Waals surface area contributed by atoms with E-state index >= 15 is 0 Å². The molecule has 0 amide bonds. The van der Waals surface area contributed by atoms with E-state index in [2.05, 4.69) is 27.8 Å². The third-order valence-electron chi connectivity index (χ3n) is 4.59. The number of rotatable bonds is 8. The summed E-state index contributed by atoms with van der Waals surface area (Å²) in [5.74, 6) is 3.22. The molecule has 0 saturated heterocycles. The van der Waals surface area contributed by atoms with Crippen molar-refractivity contribution in [1.29, 1.82) is 0 Å². The van der Waals surface area contributed by atoms with Crippen molar-refractivity contribution in [2.24, 2.45) is 4.99 Å². The van der Waals surface area contributed by atoms with E-state index in [1.54, 1.807) is 14.2 Å². The van der Waals surface area contributed by atoms with Crippen molar-refractivity contribution in [2.75, 3.05) is 27.3 Å². The van der Waals surface area contributed by atoms with Gasteiger partial charge in [0.25, 0.3) is 0 Å². The molecule has 9 heteroatoms. The van der Waals surface area contributed by atoms with Crippen molar-refractivity contribution in [3.8, 4) is 11.5 Å². The molecule has 2 N–H and O–H groups in total. The third-order valence-corrected chi connectivity index (χ3v) is 4.59. The second-order valence-electron chi connectivity index (χ2n) is 6.53. The summed E-state index contributed by atoms with van der Waals surface area (Å²) >= 11 is 0. The molecule has 30 heavy (non-hydrogen) atoms. The molecule has 1 atom stereocenters. The van der Waals surface area contributed by atoms with E-state index in [0.717, 1.165) is 41.0 Å². The molecular weight excluding hydrogens is 495 g/mol. The molecule has 1 aromatic carbocycles. The van der Waals surface area contributed by atoms with Crippen LogP contribution >= 0.6 is 24.0 Å². The highest BCUT2D eigenvalue weighted by Gasteiger charge is 2.14. The largest absolute Gasteiger partial charge is 0.497 e. The summed E-state index contributed by atoms with van der Waals surface area (Å²) in [4.78, 5) is 4.70. The minimum Gasteiger partial charge on any atom is -0.497 e. The Labute approximate surface area is 194 Å². The molecule has 2 aromatic heterocycles. The number of guanidine groups is 1. The molecule has 3 rings (SSSR count). The Morgan fingerprint density at radius 2 is 2.00 bits per heavy atom. The first-order valence-corrected chi connectivity index (χ1v) is 9.71. The third kappa shape index (κ3) is 5.74. The van der Waals surface area contributed by atoms with E-state index in [1.165, 1.54) is 0 Å². The molecule has 0 aliphatic heterocycles. The maximum Gasteiger partial charge on any atom is 0.191 e. The lowest BCUT2D eigenvalue weighted by molar-refractivity contribution is 0.394. The Morgan fingerprint density at radius 3 is 2.73 bits per heavy atom. The number of pyridine rings is 1. The summed E-state index contributed by atoms with van der Waals surface area (Å²) in [6, 6.07) is 11.6. The molecule has 162 valence electrons. The molecule has 0 spiro atoms. The van der Waals surface area contributed by atoms with Crippen LogP contribution in [-0.4, -0.2) is 47.9 Å². The zero-order chi connectivity index (χ0) is 20.6. The normalized spacial score (nSPS) is 12.2. The summed E-state index contributed by atoms with van der Waals surface area (Å²) in [5.41, 5.74) is 1.84. The molecule has 1 unspecified atom stereocenters. The van der Waals surface area contributed by atoms with E-state index in [9.17, 15) is 0 Å². The number of fused-ring (bicyclic) bond motifs is 1. The second-order valence-corrected chi connectivity index (χ2v) is 6.53. The van der Waals surface area contributed by atoms with E-state index in [1.807, 2.05) is 53.9 Å². The summed E-state index contributed by atoms with van der Waals surface area (Å²) < 4.78 is 12.8. The van der Waals surface area contributed by atoms with Gasteiger partial charge >= 0.3 is 0 Å². The van der Waals surface area contributed by atoms with Crippen molar-refractivity contribution in [3.05, 3.63) is 54.0 Å². The van der Waals surface area contributed by atoms with Crippen LogP contribution in [0, 0.1) is 0 Å². The first-order valence-electron chi connectivity index (χ1n) is 9.71. The summed E-state index contributed by atoms with van der Waals surface area (Å²) in [5, 5.41) is 15.2. The monoisotopic (exact) mass is 524 g/mol. The Balaban J connectivity index is 0.00000320. The van der Waals surface area contributed by atoms with Crippen LogP contribution in [0.3, 0.4) is 0 Å². The number of methoxy groups -OCH3 is 2. The maximum atomic E-state index is 5.50. The maximum absolute atomic E-state index is 5.50. The van der Waals surface area contributed by atoms with Crippen molar-refractivity contribution in [2.45, 2.75) is 26.3 Å². The molecule has 0 saturated carbocycles. The number of hydrogen-bond donors (Lipinski definition) is 2. The van der Waals surface area contributed by atoms with Crippen LogP contribution in [0.15, 0.2) is 47.6 Å². The second kappa shape index (κ2) is 11.6. The van der Waals surface area contributed by atoms with Crippen LogP contribution in [0.2, 0.25) is 0 Å². The Hall–Kier alpha value is -2.56. The molecular formula is C21H29IN6O2. The Bertz CT molecular complexity index is 975. The Morgan fingerprint density at radius 1 is 1.17 bits per heavy atom. The highest BCUT2D eigenvalue weighted by molar-refractivity contribution is 14.0. The van der Waals surface area contributed by atoms with Gasteiger partial charge in [0.2, 0.25) is 0 Å². The van der Waals surface area contributed by atoms with E-state index in [-0.39, 0.29) is 30.0 Å². The van der Waals surface area contributed by atoms with Gasteiger partial charge in [-0.2, -0.15) is 0 Å². The number of ether oxygens (including phenoxy) is 2. The fraction of sp³-hybridized carbons (Fsp3) is 0.381.